The number of hydrogen-bond donors (Lipinski definition) is 3. The van der Waals surface area contributed by atoms with Crippen LogP contribution in [0.25, 0.3) is 0 Å². The highest BCUT2D eigenvalue weighted by Gasteiger charge is 2.35. The van der Waals surface area contributed by atoms with E-state index in [1.54, 1.807) is 36.4 Å². The number of nitrogens with one attached hydrogen (secondary N) is 3. The highest BCUT2D eigenvalue weighted by atomic mass is 19.1. The van der Waals surface area contributed by atoms with Gasteiger partial charge < -0.3 is 20.9 Å². The molecule has 0 radical (unpaired) electrons. The fourth-order valence-corrected chi connectivity index (χ4v) is 3.26. The summed E-state index contributed by atoms with van der Waals surface area (Å²) in [6.45, 7) is 4.19. The Bertz CT molecular complexity index is 930. The Balaban J connectivity index is 1.52. The molecule has 0 aliphatic carbocycles. The van der Waals surface area contributed by atoms with Crippen molar-refractivity contribution in [2.45, 2.75) is 32.9 Å². The van der Waals surface area contributed by atoms with Crippen LogP contribution >= 0.6 is 0 Å². The maximum absolute atomic E-state index is 14.0. The molecule has 7 nitrogen and oxygen atoms in total. The van der Waals surface area contributed by atoms with Gasteiger partial charge in [-0.3, -0.25) is 9.59 Å². The Morgan fingerprint density at radius 3 is 2.50 bits per heavy atom. The van der Waals surface area contributed by atoms with Crippen molar-refractivity contribution in [1.82, 2.24) is 10.6 Å². The Kier molecular flexibility index (Phi) is 6.66. The van der Waals surface area contributed by atoms with E-state index >= 15 is 0 Å². The smallest absolute Gasteiger partial charge is 0.319 e. The first-order chi connectivity index (χ1) is 14.3. The van der Waals surface area contributed by atoms with Crippen LogP contribution in [0.3, 0.4) is 0 Å². The summed E-state index contributed by atoms with van der Waals surface area (Å²) < 4.78 is 14.0. The van der Waals surface area contributed by atoms with Crippen molar-refractivity contribution < 1.29 is 18.8 Å². The molecule has 0 spiro atoms. The average molecular weight is 412 g/mol. The molecule has 0 saturated carbocycles. The van der Waals surface area contributed by atoms with Crippen molar-refractivity contribution in [3.05, 3.63) is 59.9 Å². The van der Waals surface area contributed by atoms with E-state index in [0.29, 0.717) is 12.2 Å². The number of carbonyl (C=O) groups excluding carboxylic acids is 3. The van der Waals surface area contributed by atoms with Crippen LogP contribution in [-0.2, 0) is 16.1 Å². The van der Waals surface area contributed by atoms with Crippen LogP contribution in [0.2, 0.25) is 0 Å². The number of para-hydroxylation sites is 1. The van der Waals surface area contributed by atoms with Crippen molar-refractivity contribution in [3.63, 3.8) is 0 Å². The Labute approximate surface area is 174 Å². The van der Waals surface area contributed by atoms with E-state index in [9.17, 15) is 18.8 Å². The zero-order valence-electron chi connectivity index (χ0n) is 16.9. The number of hydrogen-bond acceptors (Lipinski definition) is 3. The zero-order valence-corrected chi connectivity index (χ0v) is 16.9. The quantitative estimate of drug-likeness (QED) is 0.681. The standard InChI is InChI=1S/C22H25FN4O3/c1-14(2)25-22(30)26-17-9-7-15(8-10-17)12-24-21(29)16-11-20(28)27(13-16)19-6-4-3-5-18(19)23/h3-10,14,16H,11-13H2,1-2H3,(H,24,29)(H2,25,26,30). The molecule has 1 unspecified atom stereocenters. The molecule has 1 heterocycles. The Morgan fingerprint density at radius 2 is 1.83 bits per heavy atom. The molecule has 3 rings (SSSR count). The van der Waals surface area contributed by atoms with Crippen LogP contribution in [-0.4, -0.2) is 30.4 Å². The molecule has 4 amide bonds. The van der Waals surface area contributed by atoms with Crippen molar-refractivity contribution >= 4 is 29.2 Å². The molecule has 8 heteroatoms. The second-order valence-corrected chi connectivity index (χ2v) is 7.52. The fourth-order valence-electron chi connectivity index (χ4n) is 3.26. The highest BCUT2D eigenvalue weighted by molar-refractivity contribution is 6.00. The van der Waals surface area contributed by atoms with Crippen LogP contribution in [0.5, 0.6) is 0 Å². The molecule has 1 saturated heterocycles. The molecule has 30 heavy (non-hydrogen) atoms. The monoisotopic (exact) mass is 412 g/mol. The molecule has 1 atom stereocenters. The summed E-state index contributed by atoms with van der Waals surface area (Å²) in [6, 6.07) is 12.9. The van der Waals surface area contributed by atoms with Gasteiger partial charge in [-0.25, -0.2) is 9.18 Å². The zero-order chi connectivity index (χ0) is 21.7. The van der Waals surface area contributed by atoms with Crippen molar-refractivity contribution in [3.8, 4) is 0 Å². The lowest BCUT2D eigenvalue weighted by Crippen LogP contribution is -2.34. The summed E-state index contributed by atoms with van der Waals surface area (Å²) in [5.41, 5.74) is 1.70. The molecule has 1 fully saturated rings. The third kappa shape index (κ3) is 5.34. The fraction of sp³-hybridized carbons (Fsp3) is 0.318. The average Bonchev–Trinajstić information content (AvgIpc) is 3.08. The van der Waals surface area contributed by atoms with E-state index in [1.165, 1.54) is 17.0 Å². The predicted octanol–water partition coefficient (Wildman–Crippen LogP) is 3.02. The Morgan fingerprint density at radius 1 is 1.13 bits per heavy atom. The van der Waals surface area contributed by atoms with Gasteiger partial charge in [0, 0.05) is 31.2 Å². The number of anilines is 2. The van der Waals surface area contributed by atoms with Crippen LogP contribution in [0.15, 0.2) is 48.5 Å². The van der Waals surface area contributed by atoms with E-state index in [4.69, 9.17) is 0 Å². The second-order valence-electron chi connectivity index (χ2n) is 7.52. The SMILES string of the molecule is CC(C)NC(=O)Nc1ccc(CNC(=O)C2CC(=O)N(c3ccccc3F)C2)cc1. The molecule has 2 aromatic carbocycles. The molecule has 3 N–H and O–H groups in total. The lowest BCUT2D eigenvalue weighted by molar-refractivity contribution is -0.126. The molecule has 2 aromatic rings. The van der Waals surface area contributed by atoms with Gasteiger partial charge in [0.15, 0.2) is 0 Å². The van der Waals surface area contributed by atoms with Crippen LogP contribution < -0.4 is 20.9 Å². The maximum Gasteiger partial charge on any atom is 0.319 e. The van der Waals surface area contributed by atoms with Gasteiger partial charge in [0.25, 0.3) is 0 Å². The first-order valence-electron chi connectivity index (χ1n) is 9.82. The van der Waals surface area contributed by atoms with Crippen LogP contribution in [0.4, 0.5) is 20.6 Å². The highest BCUT2D eigenvalue weighted by Crippen LogP contribution is 2.27. The van der Waals surface area contributed by atoms with Gasteiger partial charge in [-0.15, -0.1) is 0 Å². The third-order valence-electron chi connectivity index (χ3n) is 4.74. The van der Waals surface area contributed by atoms with Gasteiger partial charge in [-0.05, 0) is 43.7 Å². The van der Waals surface area contributed by atoms with Crippen LogP contribution in [0.1, 0.15) is 25.8 Å². The summed E-state index contributed by atoms with van der Waals surface area (Å²) in [7, 11) is 0. The minimum Gasteiger partial charge on any atom is -0.352 e. The molecular formula is C22H25FN4O3. The summed E-state index contributed by atoms with van der Waals surface area (Å²) >= 11 is 0. The first-order valence-corrected chi connectivity index (χ1v) is 9.82. The number of nitrogens with zero attached hydrogens (tertiary/aromatic N) is 1. The number of urea groups is 1. The van der Waals surface area contributed by atoms with Gasteiger partial charge in [-0.1, -0.05) is 24.3 Å². The van der Waals surface area contributed by atoms with Crippen molar-refractivity contribution in [2.24, 2.45) is 5.92 Å². The topological polar surface area (TPSA) is 90.5 Å². The lowest BCUT2D eigenvalue weighted by atomic mass is 10.1. The molecule has 0 bridgehead atoms. The third-order valence-corrected chi connectivity index (χ3v) is 4.74. The van der Waals surface area contributed by atoms with Gasteiger partial charge in [0.1, 0.15) is 5.82 Å². The van der Waals surface area contributed by atoms with Crippen LogP contribution in [0, 0.1) is 11.7 Å². The molecular weight excluding hydrogens is 387 g/mol. The minimum atomic E-state index is -0.530. The van der Waals surface area contributed by atoms with Crippen molar-refractivity contribution in [2.75, 3.05) is 16.8 Å². The normalized spacial score (nSPS) is 15.9. The van der Waals surface area contributed by atoms with Crippen molar-refractivity contribution in [1.29, 1.82) is 0 Å². The summed E-state index contributed by atoms with van der Waals surface area (Å²) in [5.74, 6) is -1.53. The number of halogens is 1. The summed E-state index contributed by atoms with van der Waals surface area (Å²) in [4.78, 5) is 37.8. The summed E-state index contributed by atoms with van der Waals surface area (Å²) in [5, 5.41) is 8.29. The first kappa shape index (κ1) is 21.3. The van der Waals surface area contributed by atoms with E-state index in [0.717, 1.165) is 5.56 Å². The van der Waals surface area contributed by atoms with E-state index < -0.39 is 11.7 Å². The number of benzene rings is 2. The largest absolute Gasteiger partial charge is 0.352 e. The number of rotatable bonds is 6. The molecule has 1 aliphatic rings. The lowest BCUT2D eigenvalue weighted by Gasteiger charge is -2.17. The maximum atomic E-state index is 14.0. The van der Waals surface area contributed by atoms with Gasteiger partial charge in [-0.2, -0.15) is 0 Å². The molecule has 0 aromatic heterocycles. The minimum absolute atomic E-state index is 0.0382. The van der Waals surface area contributed by atoms with E-state index in [1.807, 2.05) is 13.8 Å². The summed E-state index contributed by atoms with van der Waals surface area (Å²) in [6.07, 6.45) is 0.0496. The number of amides is 4. The van der Waals surface area contributed by atoms with Gasteiger partial charge in [0.05, 0.1) is 11.6 Å². The molecule has 158 valence electrons. The predicted molar refractivity (Wildman–Crippen MR) is 112 cm³/mol. The second kappa shape index (κ2) is 9.39. The Hall–Kier alpha value is -3.42. The van der Waals surface area contributed by atoms with E-state index in [2.05, 4.69) is 16.0 Å². The van der Waals surface area contributed by atoms with Gasteiger partial charge >= 0.3 is 6.03 Å². The van der Waals surface area contributed by atoms with E-state index in [-0.39, 0.29) is 42.5 Å². The number of carbonyl (C=O) groups is 3. The van der Waals surface area contributed by atoms with Gasteiger partial charge in [0.2, 0.25) is 11.8 Å². The molecule has 1 aliphatic heterocycles.